The van der Waals surface area contributed by atoms with Crippen LogP contribution in [0.15, 0.2) is 12.1 Å². The minimum atomic E-state index is 0. The molecule has 0 saturated carbocycles. The van der Waals surface area contributed by atoms with Crippen LogP contribution in [0.4, 0.5) is 11.4 Å². The number of nitrogens with zero attached hydrogens (tertiary/aromatic N) is 3. The van der Waals surface area contributed by atoms with Gasteiger partial charge in [-0.15, -0.1) is 0 Å². The fourth-order valence-electron chi connectivity index (χ4n) is 2.88. The molecule has 1 aliphatic rings. The third-order valence-electron chi connectivity index (χ3n) is 4.36. The van der Waals surface area contributed by atoms with Gasteiger partial charge in [0.1, 0.15) is 0 Å². The summed E-state index contributed by atoms with van der Waals surface area (Å²) in [6.45, 7) is 7.66. The molecule has 0 unspecified atom stereocenters. The maximum atomic E-state index is 9.35. The van der Waals surface area contributed by atoms with E-state index in [9.17, 15) is 5.39 Å². The number of unbranched alkanes of at least 4 members (excludes halogenated alkanes) is 2. The summed E-state index contributed by atoms with van der Waals surface area (Å²) in [5, 5.41) is 9.35. The van der Waals surface area contributed by atoms with E-state index in [1.54, 1.807) is 6.07 Å². The fourth-order valence-corrected chi connectivity index (χ4v) is 2.88. The van der Waals surface area contributed by atoms with Gasteiger partial charge < -0.3 is 26.8 Å². The third-order valence-corrected chi connectivity index (χ3v) is 4.36. The second kappa shape index (κ2) is 11.8. The second-order valence-corrected chi connectivity index (χ2v) is 6.34. The molecule has 1 aromatic rings. The molecular weight excluding hydrogens is 338 g/mol. The summed E-state index contributed by atoms with van der Waals surface area (Å²) in [7, 11) is 0. The molecule has 6 heteroatoms. The summed E-state index contributed by atoms with van der Waals surface area (Å²) in [6.07, 6.45) is 7.85. The molecule has 1 heterocycles. The Morgan fingerprint density at radius 3 is 2.12 bits per heavy atom. The molecular formula is C19H30ClN3O2. The molecule has 5 nitrogen and oxygen atoms in total. The molecule has 1 aromatic carbocycles. The zero-order valence-electron chi connectivity index (χ0n) is 15.5. The van der Waals surface area contributed by atoms with Gasteiger partial charge in [0.15, 0.2) is 10.7 Å². The second-order valence-electron chi connectivity index (χ2n) is 6.34. The molecule has 0 radical (unpaired) electrons. The van der Waals surface area contributed by atoms with Gasteiger partial charge in [-0.2, -0.15) is 0 Å². The van der Waals surface area contributed by atoms with E-state index in [0.29, 0.717) is 24.7 Å². The Hall–Kier alpha value is -1.67. The zero-order valence-corrected chi connectivity index (χ0v) is 16.2. The van der Waals surface area contributed by atoms with Crippen LogP contribution in [0.3, 0.4) is 0 Å². The van der Waals surface area contributed by atoms with Crippen molar-refractivity contribution < 1.29 is 21.9 Å². The lowest BCUT2D eigenvalue weighted by Crippen LogP contribution is -3.00. The van der Waals surface area contributed by atoms with Gasteiger partial charge in [0.05, 0.1) is 25.0 Å². The van der Waals surface area contributed by atoms with Crippen LogP contribution < -0.4 is 26.8 Å². The van der Waals surface area contributed by atoms with Crippen LogP contribution in [0.2, 0.25) is 0 Å². The summed E-state index contributed by atoms with van der Waals surface area (Å²) in [6, 6.07) is 3.79. The smallest absolute Gasteiger partial charge is 0.430 e. The van der Waals surface area contributed by atoms with Gasteiger partial charge in [0.25, 0.3) is 0 Å². The predicted octanol–water partition coefficient (Wildman–Crippen LogP) is 2.52. The number of anilines is 1. The largest absolute Gasteiger partial charge is 1.00 e. The molecule has 1 fully saturated rings. The lowest BCUT2D eigenvalue weighted by molar-refractivity contribution is -0.00000623. The average Bonchev–Trinajstić information content (AvgIpc) is 2.63. The van der Waals surface area contributed by atoms with Gasteiger partial charge in [-0.3, -0.25) is 0 Å². The van der Waals surface area contributed by atoms with Crippen molar-refractivity contribution in [2.24, 2.45) is 0 Å². The molecule has 0 aromatic heterocycles. The molecule has 0 bridgehead atoms. The van der Waals surface area contributed by atoms with Crippen molar-refractivity contribution in [1.29, 1.82) is 5.39 Å². The average molecular weight is 368 g/mol. The Morgan fingerprint density at radius 2 is 1.56 bits per heavy atom. The van der Waals surface area contributed by atoms with Crippen molar-refractivity contribution in [2.75, 3.05) is 31.2 Å². The summed E-state index contributed by atoms with van der Waals surface area (Å²) in [5.41, 5.74) is 1.50. The monoisotopic (exact) mass is 367 g/mol. The minimum absolute atomic E-state index is 0. The van der Waals surface area contributed by atoms with Crippen molar-refractivity contribution in [1.82, 2.24) is 0 Å². The van der Waals surface area contributed by atoms with Crippen LogP contribution in [0.1, 0.15) is 58.8 Å². The van der Waals surface area contributed by atoms with Crippen LogP contribution in [-0.4, -0.2) is 26.3 Å². The number of diazo groups is 1. The molecule has 0 amide bonds. The van der Waals surface area contributed by atoms with Crippen molar-refractivity contribution in [3.05, 3.63) is 17.1 Å². The Kier molecular flexibility index (Phi) is 10.1. The van der Waals surface area contributed by atoms with Gasteiger partial charge in [-0.05, 0) is 32.1 Å². The molecule has 25 heavy (non-hydrogen) atoms. The van der Waals surface area contributed by atoms with Crippen molar-refractivity contribution in [3.63, 3.8) is 0 Å². The van der Waals surface area contributed by atoms with Gasteiger partial charge in [-0.1, -0.05) is 26.7 Å². The zero-order chi connectivity index (χ0) is 17.2. The highest BCUT2D eigenvalue weighted by atomic mass is 35.5. The highest BCUT2D eigenvalue weighted by Gasteiger charge is 2.24. The van der Waals surface area contributed by atoms with Gasteiger partial charge in [0, 0.05) is 19.2 Å². The number of piperidine rings is 1. The Bertz CT molecular complexity index is 554. The maximum absolute atomic E-state index is 9.35. The number of hydrogen-bond acceptors (Lipinski definition) is 4. The van der Waals surface area contributed by atoms with Gasteiger partial charge >= 0.3 is 5.69 Å². The lowest BCUT2D eigenvalue weighted by Gasteiger charge is -2.30. The first-order valence-electron chi connectivity index (χ1n) is 9.33. The van der Waals surface area contributed by atoms with Crippen molar-refractivity contribution in [3.8, 4) is 11.5 Å². The normalized spacial score (nSPS) is 13.7. The number of ether oxygens (including phenoxy) is 2. The van der Waals surface area contributed by atoms with E-state index in [1.165, 1.54) is 19.3 Å². The predicted molar refractivity (Wildman–Crippen MR) is 98.1 cm³/mol. The molecule has 1 saturated heterocycles. The molecule has 0 spiro atoms. The minimum Gasteiger partial charge on any atom is -1.00 e. The Morgan fingerprint density at radius 1 is 0.960 bits per heavy atom. The quantitative estimate of drug-likeness (QED) is 0.497. The SMILES string of the molecule is CCCCOc1cc(N2CCCCC2)c(OCCCC)cc1[N+]#N.[Cl-]. The van der Waals surface area contributed by atoms with Gasteiger partial charge in [0.2, 0.25) is 11.1 Å². The van der Waals surface area contributed by atoms with E-state index in [4.69, 9.17) is 9.47 Å². The number of rotatable bonds is 9. The first-order chi connectivity index (χ1) is 11.8. The summed E-state index contributed by atoms with van der Waals surface area (Å²) in [5.74, 6) is 1.43. The van der Waals surface area contributed by atoms with E-state index in [0.717, 1.165) is 50.2 Å². The van der Waals surface area contributed by atoms with Gasteiger partial charge in [-0.25, -0.2) is 0 Å². The first-order valence-corrected chi connectivity index (χ1v) is 9.33. The van der Waals surface area contributed by atoms with E-state index in [1.807, 2.05) is 6.07 Å². The molecule has 0 aliphatic carbocycles. The van der Waals surface area contributed by atoms with Crippen LogP contribution in [0, 0.1) is 5.39 Å². The Balaban J connectivity index is 0.00000312. The summed E-state index contributed by atoms with van der Waals surface area (Å²) >= 11 is 0. The first kappa shape index (κ1) is 21.4. The topological polar surface area (TPSA) is 49.9 Å². The van der Waals surface area contributed by atoms with Crippen LogP contribution in [0.5, 0.6) is 11.5 Å². The number of benzene rings is 1. The number of hydrogen-bond donors (Lipinski definition) is 0. The Labute approximate surface area is 157 Å². The van der Waals surface area contributed by atoms with E-state index >= 15 is 0 Å². The lowest BCUT2D eigenvalue weighted by atomic mass is 10.1. The molecule has 0 N–H and O–H groups in total. The molecule has 2 rings (SSSR count). The van der Waals surface area contributed by atoms with E-state index in [-0.39, 0.29) is 12.4 Å². The summed E-state index contributed by atoms with van der Waals surface area (Å²) < 4.78 is 11.8. The van der Waals surface area contributed by atoms with E-state index in [2.05, 4.69) is 23.7 Å². The number of halogens is 1. The third kappa shape index (κ3) is 6.28. The van der Waals surface area contributed by atoms with Crippen LogP contribution >= 0.6 is 0 Å². The standard InChI is InChI=1S/C19H30N3O2.ClH/c1-3-5-12-23-18-15-17(22-10-8-7-9-11-22)19(14-16(18)21-20)24-13-6-4-2;/h14-15H,3-13H2,1-2H3;1H/q+1;/p-1. The molecule has 140 valence electrons. The van der Waals surface area contributed by atoms with Crippen molar-refractivity contribution >= 4 is 11.4 Å². The highest BCUT2D eigenvalue weighted by Crippen LogP contribution is 2.41. The van der Waals surface area contributed by atoms with Crippen LogP contribution in [0.25, 0.3) is 4.98 Å². The fraction of sp³-hybridized carbons (Fsp3) is 0.684. The van der Waals surface area contributed by atoms with Crippen molar-refractivity contribution in [2.45, 2.75) is 58.8 Å². The maximum Gasteiger partial charge on any atom is 0.430 e. The molecule has 1 aliphatic heterocycles. The summed E-state index contributed by atoms with van der Waals surface area (Å²) in [4.78, 5) is 5.76. The van der Waals surface area contributed by atoms with Crippen LogP contribution in [-0.2, 0) is 0 Å². The van der Waals surface area contributed by atoms with E-state index < -0.39 is 0 Å². The molecule has 0 atom stereocenters. The highest BCUT2D eigenvalue weighted by molar-refractivity contribution is 5.72.